The topological polar surface area (TPSA) is 48.6 Å². The second-order valence-electron chi connectivity index (χ2n) is 4.52. The molecule has 2 heterocycles. The lowest BCUT2D eigenvalue weighted by Crippen LogP contribution is -1.99. The van der Waals surface area contributed by atoms with Gasteiger partial charge in [0.1, 0.15) is 0 Å². The molecule has 1 atom stereocenters. The fourth-order valence-electron chi connectivity index (χ4n) is 2.27. The number of thiophene rings is 1. The standard InChI is InChI=1S/C14H12BrClN2OS/c1-2-7-3-4-20-13(7)12(16)8-5-10-11(6-9(8)15)18-14(19)17-10/h3-6,12H,2H2,1H3,(H2,17,18,19). The predicted octanol–water partition coefficient (Wildman–Crippen LogP) is 4.57. The molecule has 0 spiro atoms. The van der Waals surface area contributed by atoms with Crippen molar-refractivity contribution in [1.82, 2.24) is 9.97 Å². The summed E-state index contributed by atoms with van der Waals surface area (Å²) in [7, 11) is 0. The number of imidazole rings is 1. The fraction of sp³-hybridized carbons (Fsp3) is 0.214. The van der Waals surface area contributed by atoms with Gasteiger partial charge in [0.15, 0.2) is 0 Å². The maximum absolute atomic E-state index is 11.4. The summed E-state index contributed by atoms with van der Waals surface area (Å²) in [4.78, 5) is 18.0. The molecule has 2 N–H and O–H groups in total. The Hall–Kier alpha value is -1.04. The van der Waals surface area contributed by atoms with E-state index in [0.29, 0.717) is 0 Å². The van der Waals surface area contributed by atoms with E-state index in [1.54, 1.807) is 11.3 Å². The van der Waals surface area contributed by atoms with Gasteiger partial charge in [-0.1, -0.05) is 22.9 Å². The van der Waals surface area contributed by atoms with Crippen LogP contribution in [0.25, 0.3) is 11.0 Å². The Labute approximate surface area is 133 Å². The van der Waals surface area contributed by atoms with Crippen LogP contribution >= 0.6 is 38.9 Å². The number of benzene rings is 1. The Morgan fingerprint density at radius 1 is 1.35 bits per heavy atom. The van der Waals surface area contributed by atoms with E-state index >= 15 is 0 Å². The van der Waals surface area contributed by atoms with Crippen LogP contribution in [0.5, 0.6) is 0 Å². The van der Waals surface area contributed by atoms with E-state index in [2.05, 4.69) is 44.3 Å². The molecule has 0 amide bonds. The minimum absolute atomic E-state index is 0.208. The van der Waals surface area contributed by atoms with Gasteiger partial charge in [0.05, 0.1) is 16.4 Å². The third-order valence-electron chi connectivity index (χ3n) is 3.30. The van der Waals surface area contributed by atoms with Crippen molar-refractivity contribution < 1.29 is 0 Å². The zero-order valence-corrected chi connectivity index (χ0v) is 13.8. The molecule has 20 heavy (non-hydrogen) atoms. The van der Waals surface area contributed by atoms with E-state index in [1.165, 1.54) is 5.56 Å². The number of H-pyrrole nitrogens is 2. The largest absolute Gasteiger partial charge is 0.323 e. The van der Waals surface area contributed by atoms with Crippen LogP contribution < -0.4 is 5.69 Å². The summed E-state index contributed by atoms with van der Waals surface area (Å²) in [5.41, 5.74) is 3.57. The zero-order chi connectivity index (χ0) is 14.3. The minimum atomic E-state index is -0.220. The van der Waals surface area contributed by atoms with Crippen LogP contribution in [0.15, 0.2) is 32.8 Å². The molecule has 0 fully saturated rings. The highest BCUT2D eigenvalue weighted by atomic mass is 79.9. The first-order chi connectivity index (χ1) is 9.60. The highest BCUT2D eigenvalue weighted by molar-refractivity contribution is 9.10. The number of aryl methyl sites for hydroxylation is 1. The summed E-state index contributed by atoms with van der Waals surface area (Å²) in [6, 6.07) is 5.92. The first kappa shape index (κ1) is 13.9. The lowest BCUT2D eigenvalue weighted by molar-refractivity contribution is 1.07. The molecule has 104 valence electrons. The molecule has 3 nitrogen and oxygen atoms in total. The first-order valence-corrected chi connectivity index (χ1v) is 8.32. The predicted molar refractivity (Wildman–Crippen MR) is 88.0 cm³/mol. The average molecular weight is 372 g/mol. The number of nitrogens with one attached hydrogen (secondary N) is 2. The van der Waals surface area contributed by atoms with Gasteiger partial charge in [-0.25, -0.2) is 4.79 Å². The van der Waals surface area contributed by atoms with Crippen LogP contribution in [0.1, 0.15) is 28.3 Å². The Bertz CT molecular complexity index is 820. The molecule has 2 aromatic heterocycles. The summed E-state index contributed by atoms with van der Waals surface area (Å²) in [6.07, 6.45) is 0.961. The second-order valence-corrected chi connectivity index (χ2v) is 6.76. The molecule has 0 bridgehead atoms. The summed E-state index contributed by atoms with van der Waals surface area (Å²) < 4.78 is 0.899. The van der Waals surface area contributed by atoms with Crippen molar-refractivity contribution in [2.24, 2.45) is 0 Å². The number of aromatic nitrogens is 2. The number of halogens is 2. The molecule has 0 radical (unpaired) electrons. The number of hydrogen-bond donors (Lipinski definition) is 2. The first-order valence-electron chi connectivity index (χ1n) is 6.22. The van der Waals surface area contributed by atoms with E-state index in [0.717, 1.165) is 32.4 Å². The highest BCUT2D eigenvalue weighted by Crippen LogP contribution is 2.39. The van der Waals surface area contributed by atoms with E-state index in [4.69, 9.17) is 11.6 Å². The van der Waals surface area contributed by atoms with Crippen molar-refractivity contribution in [2.75, 3.05) is 0 Å². The summed E-state index contributed by atoms with van der Waals surface area (Å²) in [6.45, 7) is 2.12. The Morgan fingerprint density at radius 2 is 2.05 bits per heavy atom. The van der Waals surface area contributed by atoms with Crippen LogP contribution in [0, 0.1) is 0 Å². The number of hydrogen-bond acceptors (Lipinski definition) is 2. The van der Waals surface area contributed by atoms with Gasteiger partial charge in [0.25, 0.3) is 0 Å². The van der Waals surface area contributed by atoms with Gasteiger partial charge in [-0.15, -0.1) is 22.9 Å². The molecule has 0 aliphatic carbocycles. The molecule has 1 aromatic carbocycles. The van der Waals surface area contributed by atoms with E-state index in [-0.39, 0.29) is 11.1 Å². The average Bonchev–Trinajstić information content (AvgIpc) is 3.01. The lowest BCUT2D eigenvalue weighted by atomic mass is 10.1. The number of fused-ring (bicyclic) bond motifs is 1. The Kier molecular flexibility index (Phi) is 3.75. The maximum Gasteiger partial charge on any atom is 0.323 e. The van der Waals surface area contributed by atoms with E-state index in [9.17, 15) is 4.79 Å². The van der Waals surface area contributed by atoms with Crippen LogP contribution in [-0.2, 0) is 6.42 Å². The van der Waals surface area contributed by atoms with Gasteiger partial charge in [-0.3, -0.25) is 0 Å². The van der Waals surface area contributed by atoms with E-state index in [1.807, 2.05) is 12.1 Å². The fourth-order valence-corrected chi connectivity index (χ4v) is 4.44. The van der Waals surface area contributed by atoms with Crippen molar-refractivity contribution in [2.45, 2.75) is 18.7 Å². The normalized spacial score (nSPS) is 12.9. The molecule has 0 saturated carbocycles. The molecule has 0 saturated heterocycles. The van der Waals surface area contributed by atoms with Crippen LogP contribution in [0.4, 0.5) is 0 Å². The minimum Gasteiger partial charge on any atom is -0.306 e. The zero-order valence-electron chi connectivity index (χ0n) is 10.7. The van der Waals surface area contributed by atoms with E-state index < -0.39 is 0 Å². The monoisotopic (exact) mass is 370 g/mol. The summed E-state index contributed by atoms with van der Waals surface area (Å²) in [5.74, 6) is 0. The van der Waals surface area contributed by atoms with Crippen LogP contribution in [0.3, 0.4) is 0 Å². The van der Waals surface area contributed by atoms with Crippen molar-refractivity contribution in [1.29, 1.82) is 0 Å². The van der Waals surface area contributed by atoms with Crippen LogP contribution in [0.2, 0.25) is 0 Å². The van der Waals surface area contributed by atoms with Crippen molar-refractivity contribution in [3.8, 4) is 0 Å². The summed E-state index contributed by atoms with van der Waals surface area (Å²) >= 11 is 11.9. The number of aromatic amines is 2. The molecular formula is C14H12BrClN2OS. The number of rotatable bonds is 3. The molecule has 0 aliphatic rings. The third-order valence-corrected chi connectivity index (χ3v) is 5.59. The third kappa shape index (κ3) is 2.34. The van der Waals surface area contributed by atoms with Crippen molar-refractivity contribution in [3.63, 3.8) is 0 Å². The Morgan fingerprint density at radius 3 is 2.75 bits per heavy atom. The molecule has 6 heteroatoms. The smallest absolute Gasteiger partial charge is 0.306 e. The molecule has 3 rings (SSSR count). The van der Waals surface area contributed by atoms with Crippen molar-refractivity contribution >= 4 is 49.9 Å². The number of alkyl halides is 1. The summed E-state index contributed by atoms with van der Waals surface area (Å²) in [5, 5.41) is 1.84. The van der Waals surface area contributed by atoms with Crippen LogP contribution in [-0.4, -0.2) is 9.97 Å². The van der Waals surface area contributed by atoms with Gasteiger partial charge in [-0.2, -0.15) is 0 Å². The SMILES string of the molecule is CCc1ccsc1C(Cl)c1cc2[nH]c(=O)[nH]c2cc1Br. The lowest BCUT2D eigenvalue weighted by Gasteiger charge is -2.12. The van der Waals surface area contributed by atoms with Gasteiger partial charge in [0, 0.05) is 9.35 Å². The van der Waals surface area contributed by atoms with Gasteiger partial charge >= 0.3 is 5.69 Å². The second kappa shape index (κ2) is 5.39. The molecule has 1 unspecified atom stereocenters. The van der Waals surface area contributed by atoms with Crippen molar-refractivity contribution in [3.05, 3.63) is 54.5 Å². The molecule has 0 aliphatic heterocycles. The maximum atomic E-state index is 11.4. The van der Waals surface area contributed by atoms with Gasteiger partial charge in [0.2, 0.25) is 0 Å². The molecule has 3 aromatic rings. The van der Waals surface area contributed by atoms with Gasteiger partial charge < -0.3 is 9.97 Å². The highest BCUT2D eigenvalue weighted by Gasteiger charge is 2.19. The quantitative estimate of drug-likeness (QED) is 0.651. The molecular weight excluding hydrogens is 360 g/mol. The Balaban J connectivity index is 2.13. The van der Waals surface area contributed by atoms with Gasteiger partial charge in [-0.05, 0) is 41.1 Å².